The van der Waals surface area contributed by atoms with E-state index in [1.807, 2.05) is 0 Å². The zero-order valence-electron chi connectivity index (χ0n) is 11.2. The Kier molecular flexibility index (Phi) is 3.65. The SMILES string of the molecule is C[C](C)CN1Cc2cccc(Br)c2C(C)(C)C1. The minimum atomic E-state index is 0.225. The molecule has 93 valence electrons. The number of rotatable bonds is 2. The molecule has 0 aliphatic carbocycles. The van der Waals surface area contributed by atoms with Crippen molar-refractivity contribution in [2.45, 2.75) is 39.7 Å². The summed E-state index contributed by atoms with van der Waals surface area (Å²) in [5, 5.41) is 0. The highest BCUT2D eigenvalue weighted by molar-refractivity contribution is 9.10. The molecule has 0 bridgehead atoms. The Balaban J connectivity index is 2.34. The molecule has 1 aromatic carbocycles. The largest absolute Gasteiger partial charge is 0.298 e. The number of benzene rings is 1. The molecule has 0 saturated heterocycles. The van der Waals surface area contributed by atoms with Gasteiger partial charge in [0.25, 0.3) is 0 Å². The average Bonchev–Trinajstić information content (AvgIpc) is 2.13. The lowest BCUT2D eigenvalue weighted by atomic mass is 9.78. The Hall–Kier alpha value is -0.340. The van der Waals surface area contributed by atoms with Crippen molar-refractivity contribution in [2.75, 3.05) is 13.1 Å². The van der Waals surface area contributed by atoms with Crippen LogP contribution in [-0.2, 0) is 12.0 Å². The third-order valence-corrected chi connectivity index (χ3v) is 3.99. The van der Waals surface area contributed by atoms with Crippen LogP contribution in [0.2, 0.25) is 0 Å². The van der Waals surface area contributed by atoms with E-state index in [1.54, 1.807) is 0 Å². The van der Waals surface area contributed by atoms with Crippen molar-refractivity contribution < 1.29 is 0 Å². The first-order chi connectivity index (χ1) is 7.90. The molecule has 0 spiro atoms. The maximum Gasteiger partial charge on any atom is 0.0237 e. The lowest BCUT2D eigenvalue weighted by molar-refractivity contribution is 0.201. The molecule has 1 aromatic rings. The van der Waals surface area contributed by atoms with Crippen LogP contribution in [0.1, 0.15) is 38.8 Å². The van der Waals surface area contributed by atoms with Gasteiger partial charge in [-0.25, -0.2) is 0 Å². The molecular weight excluding hydrogens is 274 g/mol. The van der Waals surface area contributed by atoms with E-state index in [2.05, 4.69) is 66.7 Å². The molecular formula is C15H21BrN. The summed E-state index contributed by atoms with van der Waals surface area (Å²) in [5.41, 5.74) is 3.19. The van der Waals surface area contributed by atoms with Crippen LogP contribution in [0.15, 0.2) is 22.7 Å². The van der Waals surface area contributed by atoms with E-state index in [9.17, 15) is 0 Å². The van der Waals surface area contributed by atoms with Gasteiger partial charge in [0.2, 0.25) is 0 Å². The van der Waals surface area contributed by atoms with Crippen LogP contribution < -0.4 is 0 Å². The number of hydrogen-bond acceptors (Lipinski definition) is 1. The molecule has 0 fully saturated rings. The highest BCUT2D eigenvalue weighted by Gasteiger charge is 2.33. The molecule has 1 nitrogen and oxygen atoms in total. The van der Waals surface area contributed by atoms with Crippen LogP contribution in [0.5, 0.6) is 0 Å². The summed E-state index contributed by atoms with van der Waals surface area (Å²) >= 11 is 3.70. The van der Waals surface area contributed by atoms with Crippen LogP contribution >= 0.6 is 15.9 Å². The molecule has 0 amide bonds. The van der Waals surface area contributed by atoms with Crippen molar-refractivity contribution in [3.63, 3.8) is 0 Å². The maximum absolute atomic E-state index is 3.70. The normalized spacial score (nSPS) is 19.4. The summed E-state index contributed by atoms with van der Waals surface area (Å²) in [5.74, 6) is 1.49. The van der Waals surface area contributed by atoms with E-state index in [4.69, 9.17) is 0 Å². The van der Waals surface area contributed by atoms with Gasteiger partial charge in [-0.2, -0.15) is 0 Å². The summed E-state index contributed by atoms with van der Waals surface area (Å²) in [6.07, 6.45) is 0. The summed E-state index contributed by atoms with van der Waals surface area (Å²) < 4.78 is 1.26. The Labute approximate surface area is 113 Å². The second-order valence-electron chi connectivity index (χ2n) is 6.01. The fourth-order valence-corrected chi connectivity index (χ4v) is 3.90. The molecule has 1 aliphatic heterocycles. The van der Waals surface area contributed by atoms with Crippen molar-refractivity contribution in [3.8, 4) is 0 Å². The van der Waals surface area contributed by atoms with Gasteiger partial charge in [-0.1, -0.05) is 55.8 Å². The quantitative estimate of drug-likeness (QED) is 0.792. The highest BCUT2D eigenvalue weighted by Crippen LogP contribution is 2.38. The van der Waals surface area contributed by atoms with Gasteiger partial charge >= 0.3 is 0 Å². The van der Waals surface area contributed by atoms with Crippen LogP contribution in [-0.4, -0.2) is 18.0 Å². The van der Waals surface area contributed by atoms with Crippen LogP contribution in [0.3, 0.4) is 0 Å². The number of fused-ring (bicyclic) bond motifs is 1. The number of nitrogens with zero attached hydrogens (tertiary/aromatic N) is 1. The van der Waals surface area contributed by atoms with Crippen molar-refractivity contribution >= 4 is 15.9 Å². The summed E-state index contributed by atoms with van der Waals surface area (Å²) in [4.78, 5) is 2.55. The first kappa shape index (κ1) is 13.1. The van der Waals surface area contributed by atoms with Gasteiger partial charge in [0.15, 0.2) is 0 Å². The molecule has 0 atom stereocenters. The molecule has 1 radical (unpaired) electrons. The van der Waals surface area contributed by atoms with Gasteiger partial charge in [0.05, 0.1) is 0 Å². The number of hydrogen-bond donors (Lipinski definition) is 0. The molecule has 0 N–H and O–H groups in total. The Morgan fingerprint density at radius 1 is 1.35 bits per heavy atom. The Morgan fingerprint density at radius 2 is 2.06 bits per heavy atom. The highest BCUT2D eigenvalue weighted by atomic mass is 79.9. The maximum atomic E-state index is 3.70. The average molecular weight is 295 g/mol. The van der Waals surface area contributed by atoms with Crippen LogP contribution in [0.4, 0.5) is 0 Å². The fourth-order valence-electron chi connectivity index (χ4n) is 2.95. The molecule has 1 aliphatic rings. The summed E-state index contributed by atoms with van der Waals surface area (Å²) in [6, 6.07) is 6.57. The predicted octanol–water partition coefficient (Wildman–Crippen LogP) is 4.16. The smallest absolute Gasteiger partial charge is 0.0237 e. The van der Waals surface area contributed by atoms with E-state index in [0.29, 0.717) is 0 Å². The van der Waals surface area contributed by atoms with E-state index in [0.717, 1.165) is 19.6 Å². The lowest BCUT2D eigenvalue weighted by Gasteiger charge is -2.41. The van der Waals surface area contributed by atoms with Gasteiger partial charge in [0.1, 0.15) is 0 Å². The minimum Gasteiger partial charge on any atom is -0.298 e. The standard InChI is InChI=1S/C15H21BrN/c1-11(2)8-17-9-12-6-5-7-13(16)14(12)15(3,4)10-17/h5-7H,8-10H2,1-4H3. The second-order valence-corrected chi connectivity index (χ2v) is 6.86. The van der Waals surface area contributed by atoms with Crippen LogP contribution in [0, 0.1) is 5.92 Å². The van der Waals surface area contributed by atoms with Gasteiger partial charge < -0.3 is 0 Å². The van der Waals surface area contributed by atoms with Gasteiger partial charge in [-0.3, -0.25) is 4.90 Å². The zero-order valence-corrected chi connectivity index (χ0v) is 12.8. The summed E-state index contributed by atoms with van der Waals surface area (Å²) in [6.45, 7) is 12.4. The predicted molar refractivity (Wildman–Crippen MR) is 77.0 cm³/mol. The topological polar surface area (TPSA) is 3.24 Å². The van der Waals surface area contributed by atoms with Crippen LogP contribution in [0.25, 0.3) is 0 Å². The second kappa shape index (κ2) is 4.74. The number of halogens is 1. The van der Waals surface area contributed by atoms with E-state index >= 15 is 0 Å². The minimum absolute atomic E-state index is 0.225. The third-order valence-electron chi connectivity index (χ3n) is 3.33. The Morgan fingerprint density at radius 3 is 2.71 bits per heavy atom. The molecule has 17 heavy (non-hydrogen) atoms. The third kappa shape index (κ3) is 2.74. The fraction of sp³-hybridized carbons (Fsp3) is 0.533. The van der Waals surface area contributed by atoms with Gasteiger partial charge in [-0.15, -0.1) is 0 Å². The Bertz CT molecular complexity index is 409. The summed E-state index contributed by atoms with van der Waals surface area (Å²) in [7, 11) is 0. The van der Waals surface area contributed by atoms with E-state index in [1.165, 1.54) is 21.5 Å². The molecule has 1 heterocycles. The molecule has 0 aromatic heterocycles. The van der Waals surface area contributed by atoms with Gasteiger partial charge in [-0.05, 0) is 23.1 Å². The molecule has 0 unspecified atom stereocenters. The lowest BCUT2D eigenvalue weighted by Crippen LogP contribution is -2.43. The van der Waals surface area contributed by atoms with E-state index in [-0.39, 0.29) is 5.41 Å². The molecule has 0 saturated carbocycles. The monoisotopic (exact) mass is 294 g/mol. The first-order valence-electron chi connectivity index (χ1n) is 6.19. The zero-order chi connectivity index (χ0) is 12.6. The van der Waals surface area contributed by atoms with Gasteiger partial charge in [0, 0.05) is 29.5 Å². The first-order valence-corrected chi connectivity index (χ1v) is 6.99. The van der Waals surface area contributed by atoms with Crippen molar-refractivity contribution in [1.82, 2.24) is 4.90 Å². The van der Waals surface area contributed by atoms with Crippen molar-refractivity contribution in [3.05, 3.63) is 39.7 Å². The molecule has 2 heteroatoms. The molecule has 2 rings (SSSR count). The van der Waals surface area contributed by atoms with Crippen molar-refractivity contribution in [2.24, 2.45) is 0 Å². The van der Waals surface area contributed by atoms with E-state index < -0.39 is 0 Å². The van der Waals surface area contributed by atoms with Crippen molar-refractivity contribution in [1.29, 1.82) is 0 Å².